The van der Waals surface area contributed by atoms with E-state index in [0.717, 1.165) is 19.4 Å². The molecular formula is C12H21NO2. The van der Waals surface area contributed by atoms with Gasteiger partial charge in [-0.1, -0.05) is 19.8 Å². The minimum atomic E-state index is -0.597. The quantitative estimate of drug-likeness (QED) is 0.751. The molecule has 1 unspecified atom stereocenters. The summed E-state index contributed by atoms with van der Waals surface area (Å²) in [6, 6.07) is 0. The summed E-state index contributed by atoms with van der Waals surface area (Å²) in [5, 5.41) is 12.6. The molecular weight excluding hydrogens is 190 g/mol. The zero-order chi connectivity index (χ0) is 10.9. The van der Waals surface area contributed by atoms with E-state index in [2.05, 4.69) is 12.2 Å². The number of hydrogen-bond acceptors (Lipinski definition) is 2. The van der Waals surface area contributed by atoms with Crippen molar-refractivity contribution in [2.75, 3.05) is 13.1 Å². The number of hydrogen-bond donors (Lipinski definition) is 2. The van der Waals surface area contributed by atoms with E-state index in [1.54, 1.807) is 0 Å². The van der Waals surface area contributed by atoms with E-state index in [1.807, 2.05) is 0 Å². The number of carboxylic acid groups (broad SMARTS) is 1. The summed E-state index contributed by atoms with van der Waals surface area (Å²) in [6.45, 7) is 3.79. The fraction of sp³-hybridized carbons (Fsp3) is 0.917. The predicted octanol–water partition coefficient (Wildman–Crippen LogP) is 2.02. The van der Waals surface area contributed by atoms with E-state index in [4.69, 9.17) is 0 Å². The number of nitrogens with one attached hydrogen (secondary N) is 1. The van der Waals surface area contributed by atoms with Crippen molar-refractivity contribution in [3.8, 4) is 0 Å². The van der Waals surface area contributed by atoms with Gasteiger partial charge in [-0.25, -0.2) is 0 Å². The summed E-state index contributed by atoms with van der Waals surface area (Å²) in [6.07, 6.45) is 6.64. The largest absolute Gasteiger partial charge is 0.481 e. The Morgan fingerprint density at radius 3 is 2.47 bits per heavy atom. The van der Waals surface area contributed by atoms with Crippen LogP contribution in [-0.4, -0.2) is 24.2 Å². The third kappa shape index (κ3) is 2.03. The molecule has 2 fully saturated rings. The molecule has 2 N–H and O–H groups in total. The Morgan fingerprint density at radius 1 is 1.33 bits per heavy atom. The molecule has 0 amide bonds. The van der Waals surface area contributed by atoms with Crippen LogP contribution in [0, 0.1) is 10.8 Å². The van der Waals surface area contributed by atoms with Gasteiger partial charge in [0, 0.05) is 6.54 Å². The lowest BCUT2D eigenvalue weighted by Crippen LogP contribution is -2.37. The monoisotopic (exact) mass is 211 g/mol. The molecule has 0 aromatic carbocycles. The number of carbonyl (C=O) groups is 1. The van der Waals surface area contributed by atoms with Crippen molar-refractivity contribution in [2.45, 2.75) is 45.4 Å². The van der Waals surface area contributed by atoms with Gasteiger partial charge in [-0.15, -0.1) is 0 Å². The highest BCUT2D eigenvalue weighted by Crippen LogP contribution is 2.48. The van der Waals surface area contributed by atoms with Crippen molar-refractivity contribution < 1.29 is 9.90 Å². The predicted molar refractivity (Wildman–Crippen MR) is 58.7 cm³/mol. The van der Waals surface area contributed by atoms with Crippen molar-refractivity contribution >= 4 is 5.97 Å². The molecule has 1 heterocycles. The Hall–Kier alpha value is -0.570. The Bertz CT molecular complexity index is 250. The summed E-state index contributed by atoms with van der Waals surface area (Å²) in [5.41, 5.74) is -0.191. The van der Waals surface area contributed by atoms with Gasteiger partial charge in [0.1, 0.15) is 0 Å². The highest BCUT2D eigenvalue weighted by atomic mass is 16.4. The van der Waals surface area contributed by atoms with Gasteiger partial charge in [0.15, 0.2) is 0 Å². The standard InChI is InChI=1S/C12H21NO2/c1-11(4-2-3-5-11)8-12(10(14)15)6-7-13-9-12/h13H,2-9H2,1H3,(H,14,15). The van der Waals surface area contributed by atoms with Crippen LogP contribution in [0.25, 0.3) is 0 Å². The summed E-state index contributed by atoms with van der Waals surface area (Å²) in [5.74, 6) is -0.597. The summed E-state index contributed by atoms with van der Waals surface area (Å²) >= 11 is 0. The molecule has 0 bridgehead atoms. The molecule has 2 rings (SSSR count). The number of carboxylic acids is 1. The Morgan fingerprint density at radius 2 is 2.00 bits per heavy atom. The molecule has 0 spiro atoms. The van der Waals surface area contributed by atoms with E-state index >= 15 is 0 Å². The SMILES string of the molecule is CC1(CC2(C(=O)O)CCNC2)CCCC1. The van der Waals surface area contributed by atoms with Crippen molar-refractivity contribution in [1.82, 2.24) is 5.32 Å². The van der Waals surface area contributed by atoms with Crippen molar-refractivity contribution in [3.63, 3.8) is 0 Å². The molecule has 86 valence electrons. The Labute approximate surface area is 91.2 Å². The van der Waals surface area contributed by atoms with Crippen LogP contribution in [0.15, 0.2) is 0 Å². The molecule has 0 radical (unpaired) electrons. The fourth-order valence-corrected chi connectivity index (χ4v) is 3.38. The topological polar surface area (TPSA) is 49.3 Å². The fourth-order valence-electron chi connectivity index (χ4n) is 3.38. The first kappa shape index (κ1) is 10.9. The molecule has 0 aromatic rings. The normalized spacial score (nSPS) is 34.5. The van der Waals surface area contributed by atoms with E-state index < -0.39 is 11.4 Å². The highest BCUT2D eigenvalue weighted by molar-refractivity contribution is 5.75. The zero-order valence-electron chi connectivity index (χ0n) is 9.51. The van der Waals surface area contributed by atoms with Crippen LogP contribution in [0.3, 0.4) is 0 Å². The third-order valence-corrected chi connectivity index (χ3v) is 4.27. The summed E-state index contributed by atoms with van der Waals surface area (Å²) < 4.78 is 0. The highest BCUT2D eigenvalue weighted by Gasteiger charge is 2.46. The smallest absolute Gasteiger partial charge is 0.310 e. The maximum absolute atomic E-state index is 11.4. The third-order valence-electron chi connectivity index (χ3n) is 4.27. The van der Waals surface area contributed by atoms with Gasteiger partial charge in [0.25, 0.3) is 0 Å². The molecule has 15 heavy (non-hydrogen) atoms. The van der Waals surface area contributed by atoms with Gasteiger partial charge in [-0.05, 0) is 37.6 Å². The molecule has 1 aliphatic heterocycles. The lowest BCUT2D eigenvalue weighted by Gasteiger charge is -2.33. The molecule has 3 nitrogen and oxygen atoms in total. The Kier molecular flexibility index (Phi) is 2.75. The molecule has 2 aliphatic rings. The minimum absolute atomic E-state index is 0.282. The maximum Gasteiger partial charge on any atom is 0.310 e. The van der Waals surface area contributed by atoms with Gasteiger partial charge in [-0.2, -0.15) is 0 Å². The molecule has 0 aromatic heterocycles. The molecule has 1 saturated carbocycles. The summed E-state index contributed by atoms with van der Waals surface area (Å²) in [7, 11) is 0. The van der Waals surface area contributed by atoms with Crippen LogP contribution in [0.5, 0.6) is 0 Å². The average molecular weight is 211 g/mol. The Balaban J connectivity index is 2.09. The van der Waals surface area contributed by atoms with Gasteiger partial charge < -0.3 is 10.4 Å². The molecule has 1 atom stereocenters. The first-order valence-corrected chi connectivity index (χ1v) is 6.01. The van der Waals surface area contributed by atoms with Crippen molar-refractivity contribution in [1.29, 1.82) is 0 Å². The van der Waals surface area contributed by atoms with Gasteiger partial charge in [0.05, 0.1) is 5.41 Å². The van der Waals surface area contributed by atoms with E-state index in [0.29, 0.717) is 6.54 Å². The summed E-state index contributed by atoms with van der Waals surface area (Å²) in [4.78, 5) is 11.4. The van der Waals surface area contributed by atoms with E-state index in [-0.39, 0.29) is 5.41 Å². The van der Waals surface area contributed by atoms with E-state index in [9.17, 15) is 9.90 Å². The van der Waals surface area contributed by atoms with Crippen LogP contribution >= 0.6 is 0 Å². The lowest BCUT2D eigenvalue weighted by atomic mass is 9.70. The van der Waals surface area contributed by atoms with Crippen LogP contribution in [0.1, 0.15) is 45.4 Å². The van der Waals surface area contributed by atoms with Crippen molar-refractivity contribution in [3.05, 3.63) is 0 Å². The van der Waals surface area contributed by atoms with Crippen LogP contribution in [0.4, 0.5) is 0 Å². The van der Waals surface area contributed by atoms with Crippen LogP contribution < -0.4 is 5.32 Å². The first-order valence-electron chi connectivity index (χ1n) is 6.01. The lowest BCUT2D eigenvalue weighted by molar-refractivity contribution is -0.149. The van der Waals surface area contributed by atoms with Crippen LogP contribution in [-0.2, 0) is 4.79 Å². The second-order valence-electron chi connectivity index (χ2n) is 5.71. The van der Waals surface area contributed by atoms with Crippen molar-refractivity contribution in [2.24, 2.45) is 10.8 Å². The average Bonchev–Trinajstić information content (AvgIpc) is 2.76. The first-order chi connectivity index (χ1) is 7.06. The molecule has 3 heteroatoms. The van der Waals surface area contributed by atoms with Gasteiger partial charge >= 0.3 is 5.97 Å². The molecule has 1 saturated heterocycles. The number of aliphatic carboxylic acids is 1. The zero-order valence-corrected chi connectivity index (χ0v) is 9.51. The minimum Gasteiger partial charge on any atom is -0.481 e. The molecule has 1 aliphatic carbocycles. The van der Waals surface area contributed by atoms with Gasteiger partial charge in [0.2, 0.25) is 0 Å². The van der Waals surface area contributed by atoms with Gasteiger partial charge in [-0.3, -0.25) is 4.79 Å². The second-order valence-corrected chi connectivity index (χ2v) is 5.71. The van der Waals surface area contributed by atoms with E-state index in [1.165, 1.54) is 25.7 Å². The van der Waals surface area contributed by atoms with Crippen LogP contribution in [0.2, 0.25) is 0 Å². The maximum atomic E-state index is 11.4. The second kappa shape index (κ2) is 3.78. The number of rotatable bonds is 3.